The molecule has 0 aliphatic carbocycles. The van der Waals surface area contributed by atoms with Crippen LogP contribution in [-0.2, 0) is 6.18 Å². The molecule has 1 aromatic rings. The minimum absolute atomic E-state index is 0. The maximum absolute atomic E-state index is 11.9. The van der Waals surface area contributed by atoms with E-state index in [-0.39, 0.29) is 109 Å². The Morgan fingerprint density at radius 2 is 1.59 bits per heavy atom. The van der Waals surface area contributed by atoms with E-state index in [2.05, 4.69) is 0 Å². The smallest absolute Gasteiger partial charge is 0.652 e. The average molecular weight is 300 g/mol. The second-order valence-corrected chi connectivity index (χ2v) is 2.30. The number of carbonyl (C=O) groups is 1. The van der Waals surface area contributed by atoms with Crippen LogP contribution < -0.4 is 113 Å². The first-order valence-corrected chi connectivity index (χ1v) is 3.47. The minimum atomic E-state index is -4.38. The second kappa shape index (κ2) is 11.2. The quantitative estimate of drug-likeness (QED) is 0.484. The van der Waals surface area contributed by atoms with Gasteiger partial charge in [0.25, 0.3) is 0 Å². The van der Waals surface area contributed by atoms with Crippen LogP contribution in [0.15, 0.2) is 24.3 Å². The Balaban J connectivity index is -0.000000289. The Morgan fingerprint density at radius 3 is 1.82 bits per heavy atom. The molecule has 0 spiro atoms. The fourth-order valence-corrected chi connectivity index (χ4v) is 0.682. The summed E-state index contributed by atoms with van der Waals surface area (Å²) in [5.74, 6) is -0.375. The molecular weight excluding hydrogens is 295 g/mol. The van der Waals surface area contributed by atoms with E-state index in [1.165, 1.54) is 6.07 Å². The maximum atomic E-state index is 11.9. The molecule has 0 atom stereocenters. The fraction of sp³-hybridized carbons (Fsp3) is 0.125. The van der Waals surface area contributed by atoms with Crippen LogP contribution in [0.3, 0.4) is 0 Å². The molecule has 0 amide bonds. The van der Waals surface area contributed by atoms with Gasteiger partial charge in [0.2, 0.25) is 0 Å². The summed E-state index contributed by atoms with van der Waals surface area (Å²) >= 11 is 0. The van der Waals surface area contributed by atoms with Gasteiger partial charge in [-0.05, 0) is 24.4 Å². The van der Waals surface area contributed by atoms with Crippen molar-refractivity contribution < 1.29 is 136 Å². The molecule has 84 valence electrons. The molecule has 0 saturated heterocycles. The molecule has 0 fully saturated rings. The number of halogens is 3. The van der Waals surface area contributed by atoms with E-state index in [0.29, 0.717) is 6.07 Å². The van der Waals surface area contributed by atoms with Crippen molar-refractivity contribution in [3.05, 3.63) is 29.8 Å². The molecule has 0 aromatic heterocycles. The van der Waals surface area contributed by atoms with Gasteiger partial charge in [0, 0.05) is 0 Å². The van der Waals surface area contributed by atoms with Crippen molar-refractivity contribution >= 4 is 6.16 Å². The third-order valence-electron chi connectivity index (χ3n) is 1.17. The van der Waals surface area contributed by atoms with Crippen LogP contribution in [0, 0.1) is 0 Å². The largest absolute Gasteiger partial charge is 1.00 e. The molecule has 4 nitrogen and oxygen atoms in total. The molecule has 0 aliphatic rings. The second-order valence-electron chi connectivity index (χ2n) is 2.30. The van der Waals surface area contributed by atoms with Gasteiger partial charge in [0.05, 0.1) is 5.56 Å². The summed E-state index contributed by atoms with van der Waals surface area (Å²) in [6, 6.07) is 3.92. The monoisotopic (exact) mass is 300 g/mol. The molecule has 17 heavy (non-hydrogen) atoms. The molecule has 0 radical (unpaired) electrons. The third kappa shape index (κ3) is 13.6. The molecule has 1 rings (SSSR count). The Bertz CT molecular complexity index is 340. The third-order valence-corrected chi connectivity index (χ3v) is 1.17. The standard InChI is InChI=1S/C7H5F3O.CH2O3.2K/c8-7(9,10)5-2-1-3-6(11)4-5;2-1(3)4;;/h1-4,11H;(H2,2,3,4);;/q;;2*+1/p-2. The van der Waals surface area contributed by atoms with E-state index >= 15 is 0 Å². The number of phenolic OH excluding ortho intramolecular Hbond substituents is 1. The first-order valence-electron chi connectivity index (χ1n) is 3.47. The van der Waals surface area contributed by atoms with Gasteiger partial charge in [0.15, 0.2) is 0 Å². The molecule has 0 unspecified atom stereocenters. The number of hydrogen-bond donors (Lipinski definition) is 1. The first-order chi connectivity index (χ1) is 6.73. The fourth-order valence-electron chi connectivity index (χ4n) is 0.682. The van der Waals surface area contributed by atoms with Gasteiger partial charge in [-0.25, -0.2) is 0 Å². The topological polar surface area (TPSA) is 83.4 Å². The molecule has 0 aliphatic heterocycles. The SMILES string of the molecule is O=C([O-])[O-].Oc1cccc(C(F)(F)F)c1.[K+].[K+]. The van der Waals surface area contributed by atoms with Crippen LogP contribution in [0.5, 0.6) is 5.75 Å². The summed E-state index contributed by atoms with van der Waals surface area (Å²) in [5.41, 5.74) is -0.836. The summed E-state index contributed by atoms with van der Waals surface area (Å²) in [7, 11) is 0. The van der Waals surface area contributed by atoms with Crippen LogP contribution in [-0.4, -0.2) is 11.3 Å². The van der Waals surface area contributed by atoms with Crippen molar-refractivity contribution in [3.8, 4) is 5.75 Å². The molecule has 9 heteroatoms. The zero-order chi connectivity index (χ0) is 12.1. The minimum Gasteiger partial charge on any atom is -0.652 e. The van der Waals surface area contributed by atoms with Gasteiger partial charge >= 0.3 is 109 Å². The zero-order valence-electron chi connectivity index (χ0n) is 9.12. The summed E-state index contributed by atoms with van der Waals surface area (Å²) in [4.78, 5) is 8.33. The van der Waals surface area contributed by atoms with E-state index in [0.717, 1.165) is 12.1 Å². The Kier molecular flexibility index (Phi) is 15.4. The van der Waals surface area contributed by atoms with E-state index < -0.39 is 17.9 Å². The first kappa shape index (κ1) is 23.4. The van der Waals surface area contributed by atoms with Crippen molar-refractivity contribution in [3.63, 3.8) is 0 Å². The van der Waals surface area contributed by atoms with Crippen LogP contribution in [0.4, 0.5) is 18.0 Å². The number of phenols is 1. The number of rotatable bonds is 0. The van der Waals surface area contributed by atoms with Crippen molar-refractivity contribution in [1.29, 1.82) is 0 Å². The van der Waals surface area contributed by atoms with Crippen molar-refractivity contribution in [2.24, 2.45) is 0 Å². The normalized spacial score (nSPS) is 8.88. The Morgan fingerprint density at radius 1 is 1.18 bits per heavy atom. The number of aromatic hydroxyl groups is 1. The number of benzene rings is 1. The number of hydrogen-bond acceptors (Lipinski definition) is 4. The molecule has 0 bridgehead atoms. The molecule has 0 saturated carbocycles. The van der Waals surface area contributed by atoms with Crippen LogP contribution in [0.2, 0.25) is 0 Å². The van der Waals surface area contributed by atoms with Crippen LogP contribution in [0.25, 0.3) is 0 Å². The van der Waals surface area contributed by atoms with E-state index in [9.17, 15) is 13.2 Å². The van der Waals surface area contributed by atoms with Crippen LogP contribution in [0.1, 0.15) is 5.56 Å². The van der Waals surface area contributed by atoms with Gasteiger partial charge in [-0.2, -0.15) is 13.2 Å². The van der Waals surface area contributed by atoms with Crippen molar-refractivity contribution in [2.75, 3.05) is 0 Å². The molecule has 1 aromatic carbocycles. The molecule has 0 heterocycles. The van der Waals surface area contributed by atoms with Gasteiger partial charge in [-0.1, -0.05) is 6.07 Å². The van der Waals surface area contributed by atoms with Crippen molar-refractivity contribution in [1.82, 2.24) is 0 Å². The van der Waals surface area contributed by atoms with E-state index in [1.54, 1.807) is 0 Å². The predicted octanol–water partition coefficient (Wildman–Crippen LogP) is -6.03. The van der Waals surface area contributed by atoms with E-state index in [1.807, 2.05) is 0 Å². The summed E-state index contributed by atoms with van der Waals surface area (Å²) in [6.07, 6.45) is -6.71. The van der Waals surface area contributed by atoms with Crippen molar-refractivity contribution in [2.45, 2.75) is 6.18 Å². The summed E-state index contributed by atoms with van der Waals surface area (Å²) in [5, 5.41) is 25.3. The number of carboxylic acid groups (broad SMARTS) is 2. The summed E-state index contributed by atoms with van der Waals surface area (Å²) < 4.78 is 35.6. The Hall–Kier alpha value is 1.35. The molecular formula is C8H5F3K2O4. The maximum Gasteiger partial charge on any atom is 1.00 e. The van der Waals surface area contributed by atoms with Gasteiger partial charge in [-0.3, -0.25) is 0 Å². The summed E-state index contributed by atoms with van der Waals surface area (Å²) in [6.45, 7) is 0. The Labute approximate surface area is 180 Å². The van der Waals surface area contributed by atoms with Gasteiger partial charge < -0.3 is 20.1 Å². The number of carbonyl (C=O) groups excluding carboxylic acids is 1. The zero-order valence-corrected chi connectivity index (χ0v) is 15.4. The molecule has 1 N–H and O–H groups in total. The average Bonchev–Trinajstić information content (AvgIpc) is 2.01. The van der Waals surface area contributed by atoms with Gasteiger partial charge in [-0.15, -0.1) is 0 Å². The van der Waals surface area contributed by atoms with E-state index in [4.69, 9.17) is 20.1 Å². The van der Waals surface area contributed by atoms with Crippen LogP contribution >= 0.6 is 0 Å². The van der Waals surface area contributed by atoms with Gasteiger partial charge in [0.1, 0.15) is 5.75 Å². The predicted molar refractivity (Wildman–Crippen MR) is 38.5 cm³/mol. The number of alkyl halides is 3.